The van der Waals surface area contributed by atoms with Gasteiger partial charge in [0.15, 0.2) is 0 Å². The summed E-state index contributed by atoms with van der Waals surface area (Å²) in [6.07, 6.45) is -0.310. The van der Waals surface area contributed by atoms with Crippen molar-refractivity contribution < 1.29 is 9.53 Å². The maximum atomic E-state index is 12.0. The molecule has 0 aromatic heterocycles. The van der Waals surface area contributed by atoms with Crippen LogP contribution in [-0.2, 0) is 4.74 Å². The Kier molecular flexibility index (Phi) is 4.79. The van der Waals surface area contributed by atoms with E-state index in [9.17, 15) is 4.79 Å². The van der Waals surface area contributed by atoms with Gasteiger partial charge in [0.05, 0.1) is 6.04 Å². The second-order valence-corrected chi connectivity index (χ2v) is 6.24. The Balaban J connectivity index is 2.78. The SMILES string of the molecule is CC(c1cccc(Br)c1)N(C)C(=O)OC(C)(C)C. The fourth-order valence-corrected chi connectivity index (χ4v) is 1.90. The average molecular weight is 314 g/mol. The van der Waals surface area contributed by atoms with Gasteiger partial charge in [0, 0.05) is 11.5 Å². The number of rotatable bonds is 2. The Hall–Kier alpha value is -1.03. The van der Waals surface area contributed by atoms with Gasteiger partial charge in [-0.2, -0.15) is 0 Å². The van der Waals surface area contributed by atoms with E-state index in [1.165, 1.54) is 0 Å². The summed E-state index contributed by atoms with van der Waals surface area (Å²) in [5, 5.41) is 0. The summed E-state index contributed by atoms with van der Waals surface area (Å²) < 4.78 is 6.35. The maximum Gasteiger partial charge on any atom is 0.410 e. The molecule has 0 aliphatic heterocycles. The average Bonchev–Trinajstić information content (AvgIpc) is 2.24. The highest BCUT2D eigenvalue weighted by Gasteiger charge is 2.23. The lowest BCUT2D eigenvalue weighted by molar-refractivity contribution is 0.0234. The van der Waals surface area contributed by atoms with Crippen molar-refractivity contribution in [3.63, 3.8) is 0 Å². The predicted molar refractivity (Wildman–Crippen MR) is 76.6 cm³/mol. The largest absolute Gasteiger partial charge is 0.444 e. The first-order valence-electron chi connectivity index (χ1n) is 5.92. The molecule has 4 heteroatoms. The van der Waals surface area contributed by atoms with E-state index in [-0.39, 0.29) is 12.1 Å². The molecular weight excluding hydrogens is 294 g/mol. The van der Waals surface area contributed by atoms with Gasteiger partial charge < -0.3 is 9.64 Å². The van der Waals surface area contributed by atoms with Gasteiger partial charge in [-0.15, -0.1) is 0 Å². The summed E-state index contributed by atoms with van der Waals surface area (Å²) in [5.41, 5.74) is 0.597. The first kappa shape index (κ1) is 15.0. The second-order valence-electron chi connectivity index (χ2n) is 5.32. The van der Waals surface area contributed by atoms with Crippen LogP contribution in [0.5, 0.6) is 0 Å². The number of carbonyl (C=O) groups excluding carboxylic acids is 1. The Morgan fingerprint density at radius 3 is 2.50 bits per heavy atom. The van der Waals surface area contributed by atoms with Gasteiger partial charge in [0.1, 0.15) is 5.60 Å². The Bertz CT molecular complexity index is 426. The lowest BCUT2D eigenvalue weighted by Gasteiger charge is -2.29. The summed E-state index contributed by atoms with van der Waals surface area (Å²) in [4.78, 5) is 13.6. The highest BCUT2D eigenvalue weighted by atomic mass is 79.9. The van der Waals surface area contributed by atoms with E-state index >= 15 is 0 Å². The molecule has 0 bridgehead atoms. The number of amides is 1. The first-order valence-corrected chi connectivity index (χ1v) is 6.71. The lowest BCUT2D eigenvalue weighted by atomic mass is 10.1. The minimum Gasteiger partial charge on any atom is -0.444 e. The quantitative estimate of drug-likeness (QED) is 0.811. The zero-order chi connectivity index (χ0) is 13.9. The standard InChI is InChI=1S/C14H20BrNO2/c1-10(11-7-6-8-12(15)9-11)16(5)13(17)18-14(2,3)4/h6-10H,1-5H3. The summed E-state index contributed by atoms with van der Waals surface area (Å²) >= 11 is 3.43. The molecule has 100 valence electrons. The number of hydrogen-bond acceptors (Lipinski definition) is 2. The molecule has 1 unspecified atom stereocenters. The molecule has 1 aromatic carbocycles. The second kappa shape index (κ2) is 5.74. The molecule has 0 fully saturated rings. The summed E-state index contributed by atoms with van der Waals surface area (Å²) in [6.45, 7) is 7.57. The zero-order valence-electron chi connectivity index (χ0n) is 11.5. The van der Waals surface area contributed by atoms with E-state index in [4.69, 9.17) is 4.74 Å². The predicted octanol–water partition coefficient (Wildman–Crippen LogP) is 4.38. The highest BCUT2D eigenvalue weighted by molar-refractivity contribution is 9.10. The van der Waals surface area contributed by atoms with Gasteiger partial charge in [-0.05, 0) is 45.4 Å². The monoisotopic (exact) mass is 313 g/mol. The minimum absolute atomic E-state index is 0.0302. The van der Waals surface area contributed by atoms with Gasteiger partial charge in [0.25, 0.3) is 0 Å². The molecule has 0 N–H and O–H groups in total. The smallest absolute Gasteiger partial charge is 0.410 e. The van der Waals surface area contributed by atoms with Crippen LogP contribution < -0.4 is 0 Å². The van der Waals surface area contributed by atoms with Crippen LogP contribution in [0.25, 0.3) is 0 Å². The molecule has 0 aliphatic rings. The molecular formula is C14H20BrNO2. The van der Waals surface area contributed by atoms with Crippen LogP contribution in [0.4, 0.5) is 4.79 Å². The van der Waals surface area contributed by atoms with Crippen molar-refractivity contribution in [2.75, 3.05) is 7.05 Å². The Morgan fingerprint density at radius 2 is 2.00 bits per heavy atom. The number of hydrogen-bond donors (Lipinski definition) is 0. The van der Waals surface area contributed by atoms with Crippen LogP contribution in [0, 0.1) is 0 Å². The van der Waals surface area contributed by atoms with Crippen molar-refractivity contribution in [3.05, 3.63) is 34.3 Å². The van der Waals surface area contributed by atoms with Crippen molar-refractivity contribution in [1.82, 2.24) is 4.90 Å². The number of benzene rings is 1. The minimum atomic E-state index is -0.470. The van der Waals surface area contributed by atoms with Crippen molar-refractivity contribution in [3.8, 4) is 0 Å². The number of ether oxygens (including phenoxy) is 1. The third-order valence-corrected chi connectivity index (χ3v) is 3.09. The van der Waals surface area contributed by atoms with Crippen LogP contribution in [0.3, 0.4) is 0 Å². The fourth-order valence-electron chi connectivity index (χ4n) is 1.48. The van der Waals surface area contributed by atoms with Gasteiger partial charge in [-0.25, -0.2) is 4.79 Å². The number of nitrogens with zero attached hydrogens (tertiary/aromatic N) is 1. The van der Waals surface area contributed by atoms with Gasteiger partial charge >= 0.3 is 6.09 Å². The zero-order valence-corrected chi connectivity index (χ0v) is 13.1. The molecule has 18 heavy (non-hydrogen) atoms. The molecule has 1 amide bonds. The van der Waals surface area contributed by atoms with Crippen molar-refractivity contribution >= 4 is 22.0 Å². The number of halogens is 1. The summed E-state index contributed by atoms with van der Waals surface area (Å²) in [7, 11) is 1.75. The molecule has 0 spiro atoms. The molecule has 0 aliphatic carbocycles. The molecule has 0 heterocycles. The molecule has 3 nitrogen and oxygen atoms in total. The third-order valence-electron chi connectivity index (χ3n) is 2.59. The van der Waals surface area contributed by atoms with Crippen molar-refractivity contribution in [2.24, 2.45) is 0 Å². The molecule has 0 saturated heterocycles. The first-order chi connectivity index (χ1) is 8.20. The molecule has 1 atom stereocenters. The van der Waals surface area contributed by atoms with Gasteiger partial charge in [0.2, 0.25) is 0 Å². The van der Waals surface area contributed by atoms with Gasteiger partial charge in [-0.1, -0.05) is 28.1 Å². The van der Waals surface area contributed by atoms with Crippen LogP contribution in [0.2, 0.25) is 0 Å². The normalized spacial score (nSPS) is 13.0. The van der Waals surface area contributed by atoms with E-state index in [0.717, 1.165) is 10.0 Å². The molecule has 0 saturated carbocycles. The van der Waals surface area contributed by atoms with Crippen LogP contribution in [-0.4, -0.2) is 23.6 Å². The van der Waals surface area contributed by atoms with Crippen molar-refractivity contribution in [2.45, 2.75) is 39.3 Å². The van der Waals surface area contributed by atoms with E-state index in [0.29, 0.717) is 0 Å². The van der Waals surface area contributed by atoms with E-state index in [2.05, 4.69) is 15.9 Å². The summed E-state index contributed by atoms with van der Waals surface area (Å²) in [5.74, 6) is 0. The maximum absolute atomic E-state index is 12.0. The van der Waals surface area contributed by atoms with Crippen LogP contribution in [0.15, 0.2) is 28.7 Å². The van der Waals surface area contributed by atoms with Crippen molar-refractivity contribution in [1.29, 1.82) is 0 Å². The Labute approximate surface area is 117 Å². The van der Waals surface area contributed by atoms with E-state index in [1.807, 2.05) is 52.0 Å². The topological polar surface area (TPSA) is 29.5 Å². The number of carbonyl (C=O) groups is 1. The molecule has 1 aromatic rings. The third kappa shape index (κ3) is 4.33. The summed E-state index contributed by atoms with van der Waals surface area (Å²) in [6, 6.07) is 7.89. The highest BCUT2D eigenvalue weighted by Crippen LogP contribution is 2.23. The fraction of sp³-hybridized carbons (Fsp3) is 0.500. The molecule has 0 radical (unpaired) electrons. The van der Waals surface area contributed by atoms with Gasteiger partial charge in [-0.3, -0.25) is 0 Å². The molecule has 1 rings (SSSR count). The van der Waals surface area contributed by atoms with E-state index in [1.54, 1.807) is 11.9 Å². The Morgan fingerprint density at radius 1 is 1.39 bits per heavy atom. The van der Waals surface area contributed by atoms with E-state index < -0.39 is 5.60 Å². The lowest BCUT2D eigenvalue weighted by Crippen LogP contribution is -2.35. The van der Waals surface area contributed by atoms with Crippen LogP contribution in [0.1, 0.15) is 39.3 Å². The van der Waals surface area contributed by atoms with Crippen LogP contribution >= 0.6 is 15.9 Å².